The number of anilines is 1. The highest BCUT2D eigenvalue weighted by Gasteiger charge is 2.74. The predicted molar refractivity (Wildman–Crippen MR) is 129 cm³/mol. The van der Waals surface area contributed by atoms with Crippen LogP contribution in [0.1, 0.15) is 43.5 Å². The number of rotatable bonds is 2. The Balaban J connectivity index is 1.54. The molecule has 0 bridgehead atoms. The molecule has 174 valence electrons. The van der Waals surface area contributed by atoms with Gasteiger partial charge in [-0.25, -0.2) is 4.90 Å². The Morgan fingerprint density at radius 2 is 1.46 bits per heavy atom. The number of nitrogens with zero attached hydrogens (tertiary/aromatic N) is 1. The fourth-order valence-electron chi connectivity index (χ4n) is 5.55. The van der Waals surface area contributed by atoms with Gasteiger partial charge >= 0.3 is 0 Å². The number of imide groups is 1. The molecule has 6 rings (SSSR count). The second-order valence-corrected chi connectivity index (χ2v) is 9.74. The molecule has 1 spiro atoms. The monoisotopic (exact) mass is 485 g/mol. The Morgan fingerprint density at radius 1 is 0.829 bits per heavy atom. The number of amides is 2. The van der Waals surface area contributed by atoms with E-state index in [9.17, 15) is 19.2 Å². The number of hydrogen-bond acceptors (Lipinski definition) is 5. The van der Waals surface area contributed by atoms with E-state index in [1.54, 1.807) is 54.6 Å². The third-order valence-corrected chi connectivity index (χ3v) is 7.75. The van der Waals surface area contributed by atoms with Crippen LogP contribution in [0.3, 0.4) is 0 Å². The second-order valence-electron chi connectivity index (χ2n) is 9.34. The molecule has 3 aromatic carbocycles. The Kier molecular flexibility index (Phi) is 4.66. The fraction of sp³-hybridized carbons (Fsp3) is 0.214. The first kappa shape index (κ1) is 21.9. The zero-order valence-corrected chi connectivity index (χ0v) is 19.7. The number of halogens is 1. The first-order chi connectivity index (χ1) is 16.8. The van der Waals surface area contributed by atoms with Gasteiger partial charge in [-0.15, -0.1) is 0 Å². The summed E-state index contributed by atoms with van der Waals surface area (Å²) >= 11 is 6.29. The smallest absolute Gasteiger partial charge is 0.241 e. The molecule has 2 fully saturated rings. The second kappa shape index (κ2) is 7.44. The molecular formula is C28H20ClNO5. The van der Waals surface area contributed by atoms with E-state index in [1.165, 1.54) is 0 Å². The van der Waals surface area contributed by atoms with E-state index in [0.29, 0.717) is 16.3 Å². The van der Waals surface area contributed by atoms with Crippen LogP contribution in [0.15, 0.2) is 66.7 Å². The van der Waals surface area contributed by atoms with Gasteiger partial charge in [0, 0.05) is 16.1 Å². The maximum Gasteiger partial charge on any atom is 0.241 e. The number of carbonyl (C=O) groups is 4. The summed E-state index contributed by atoms with van der Waals surface area (Å²) in [5, 5.41) is 0.404. The minimum Gasteiger partial charge on any atom is -0.349 e. The number of fused-ring (bicyclic) bond motifs is 3. The Labute approximate surface area is 206 Å². The number of ketones is 2. The third-order valence-electron chi connectivity index (χ3n) is 7.34. The minimum atomic E-state index is -2.08. The largest absolute Gasteiger partial charge is 0.349 e. The van der Waals surface area contributed by atoms with E-state index in [1.807, 2.05) is 26.0 Å². The normalized spacial score (nSPS) is 24.4. The minimum absolute atomic E-state index is 0.206. The van der Waals surface area contributed by atoms with Gasteiger partial charge < -0.3 is 4.74 Å². The molecule has 2 aliphatic heterocycles. The lowest BCUT2D eigenvalue weighted by Gasteiger charge is -2.27. The van der Waals surface area contributed by atoms with Crippen molar-refractivity contribution in [2.75, 3.05) is 4.90 Å². The van der Waals surface area contributed by atoms with Gasteiger partial charge in [0.1, 0.15) is 0 Å². The van der Waals surface area contributed by atoms with E-state index in [4.69, 9.17) is 16.3 Å². The van der Waals surface area contributed by atoms with E-state index in [-0.39, 0.29) is 11.1 Å². The molecule has 3 aliphatic rings. The van der Waals surface area contributed by atoms with Crippen molar-refractivity contribution in [2.45, 2.75) is 25.6 Å². The number of benzene rings is 3. The van der Waals surface area contributed by atoms with Gasteiger partial charge in [-0.05, 0) is 37.1 Å². The van der Waals surface area contributed by atoms with Gasteiger partial charge in [-0.2, -0.15) is 0 Å². The van der Waals surface area contributed by atoms with Gasteiger partial charge in [-0.3, -0.25) is 19.2 Å². The molecule has 2 saturated heterocycles. The molecule has 2 amide bonds. The lowest BCUT2D eigenvalue weighted by molar-refractivity contribution is -0.127. The Morgan fingerprint density at radius 3 is 2.06 bits per heavy atom. The molecule has 3 atom stereocenters. The molecule has 1 aliphatic carbocycles. The molecule has 0 radical (unpaired) electrons. The van der Waals surface area contributed by atoms with Crippen LogP contribution in [0.2, 0.25) is 5.02 Å². The predicted octanol–water partition coefficient (Wildman–Crippen LogP) is 4.65. The molecule has 0 N–H and O–H groups in total. The average Bonchev–Trinajstić information content (AvgIpc) is 3.41. The number of Topliss-reactive ketones (excluding diaryl/α,β-unsaturated/α-hetero) is 2. The van der Waals surface area contributed by atoms with Crippen LogP contribution in [0.25, 0.3) is 0 Å². The molecule has 35 heavy (non-hydrogen) atoms. The van der Waals surface area contributed by atoms with Crippen LogP contribution < -0.4 is 4.90 Å². The average molecular weight is 486 g/mol. The van der Waals surface area contributed by atoms with Crippen molar-refractivity contribution < 1.29 is 23.9 Å². The maximum atomic E-state index is 13.9. The number of aryl methyl sites for hydroxylation is 2. The van der Waals surface area contributed by atoms with Gasteiger partial charge in [0.15, 0.2) is 0 Å². The van der Waals surface area contributed by atoms with Crippen molar-refractivity contribution in [3.8, 4) is 0 Å². The zero-order valence-electron chi connectivity index (χ0n) is 18.9. The highest BCUT2D eigenvalue weighted by Crippen LogP contribution is 2.57. The van der Waals surface area contributed by atoms with E-state index >= 15 is 0 Å². The molecule has 6 nitrogen and oxygen atoms in total. The van der Waals surface area contributed by atoms with Crippen LogP contribution in [0.4, 0.5) is 5.69 Å². The SMILES string of the molecule is Cc1ccc(C2OC3(C(=O)c4ccccc4C3=O)C3C(=O)N(c4ccc(C)c(Cl)c4)C(=O)C23)cc1. The van der Waals surface area contributed by atoms with Crippen molar-refractivity contribution in [1.82, 2.24) is 0 Å². The lowest BCUT2D eigenvalue weighted by atomic mass is 9.77. The first-order valence-corrected chi connectivity index (χ1v) is 11.7. The Bertz CT molecular complexity index is 1430. The van der Waals surface area contributed by atoms with E-state index < -0.39 is 46.9 Å². The summed E-state index contributed by atoms with van der Waals surface area (Å²) in [7, 11) is 0. The van der Waals surface area contributed by atoms with Crippen LogP contribution >= 0.6 is 11.6 Å². The topological polar surface area (TPSA) is 80.8 Å². The van der Waals surface area contributed by atoms with E-state index in [2.05, 4.69) is 0 Å². The van der Waals surface area contributed by atoms with Gasteiger partial charge in [0.2, 0.25) is 29.0 Å². The van der Waals surface area contributed by atoms with Crippen molar-refractivity contribution in [3.63, 3.8) is 0 Å². The quantitative estimate of drug-likeness (QED) is 0.390. The molecule has 0 saturated carbocycles. The van der Waals surface area contributed by atoms with Crippen molar-refractivity contribution in [3.05, 3.63) is 99.6 Å². The number of hydrogen-bond donors (Lipinski definition) is 0. The summed E-state index contributed by atoms with van der Waals surface area (Å²) in [6, 6.07) is 18.7. The summed E-state index contributed by atoms with van der Waals surface area (Å²) in [4.78, 5) is 56.3. The highest BCUT2D eigenvalue weighted by atomic mass is 35.5. The Hall–Kier alpha value is -3.61. The molecule has 3 unspecified atom stereocenters. The van der Waals surface area contributed by atoms with Crippen molar-refractivity contribution in [1.29, 1.82) is 0 Å². The van der Waals surface area contributed by atoms with Gasteiger partial charge in [0.25, 0.3) is 0 Å². The number of ether oxygens (including phenoxy) is 1. The highest BCUT2D eigenvalue weighted by molar-refractivity contribution is 6.37. The van der Waals surface area contributed by atoms with Crippen LogP contribution in [0, 0.1) is 25.7 Å². The van der Waals surface area contributed by atoms with E-state index in [0.717, 1.165) is 16.0 Å². The number of carbonyl (C=O) groups excluding carboxylic acids is 4. The molecule has 0 aromatic heterocycles. The van der Waals surface area contributed by atoms with Gasteiger partial charge in [-0.1, -0.05) is 71.8 Å². The molecule has 3 aromatic rings. The van der Waals surface area contributed by atoms with Crippen LogP contribution in [-0.4, -0.2) is 29.0 Å². The molecule has 2 heterocycles. The summed E-state index contributed by atoms with van der Waals surface area (Å²) in [6.07, 6.45) is -0.940. The van der Waals surface area contributed by atoms with Gasteiger partial charge in [0.05, 0.1) is 23.6 Å². The zero-order chi connectivity index (χ0) is 24.6. The summed E-state index contributed by atoms with van der Waals surface area (Å²) in [5.41, 5.74) is 1.06. The van der Waals surface area contributed by atoms with Crippen LogP contribution in [0.5, 0.6) is 0 Å². The fourth-order valence-corrected chi connectivity index (χ4v) is 5.72. The third kappa shape index (κ3) is 2.81. The first-order valence-electron chi connectivity index (χ1n) is 11.3. The van der Waals surface area contributed by atoms with Crippen LogP contribution in [-0.2, 0) is 14.3 Å². The van der Waals surface area contributed by atoms with Crippen molar-refractivity contribution in [2.24, 2.45) is 11.8 Å². The summed E-state index contributed by atoms with van der Waals surface area (Å²) < 4.78 is 6.28. The maximum absolute atomic E-state index is 13.9. The summed E-state index contributed by atoms with van der Waals surface area (Å²) in [5.74, 6) is -4.62. The lowest BCUT2D eigenvalue weighted by Crippen LogP contribution is -2.51. The standard InChI is InChI=1S/C28H20ClNO5/c1-14-7-10-16(11-8-14)23-21-22(27(34)30(26(21)33)17-12-9-15(2)20(29)13-17)28(35-23)24(31)18-5-3-4-6-19(18)25(28)32/h3-13,21-23H,1-2H3. The molecular weight excluding hydrogens is 466 g/mol. The van der Waals surface area contributed by atoms with Crippen molar-refractivity contribution >= 4 is 40.7 Å². The molecule has 7 heteroatoms. The summed E-state index contributed by atoms with van der Waals surface area (Å²) in [6.45, 7) is 3.75.